The maximum atomic E-state index is 12.3. The number of hydrogen-bond acceptors (Lipinski definition) is 11. The van der Waals surface area contributed by atoms with Crippen molar-refractivity contribution >= 4 is 0 Å². The molecule has 0 atom stereocenters. The molecule has 6 aromatic rings. The molecule has 0 aliphatic heterocycles. The zero-order valence-electron chi connectivity index (χ0n) is 32.8. The second-order valence-corrected chi connectivity index (χ2v) is 13.2. The third-order valence-electron chi connectivity index (χ3n) is 8.40. The van der Waals surface area contributed by atoms with Crippen LogP contribution >= 0.6 is 0 Å². The van der Waals surface area contributed by atoms with Gasteiger partial charge in [-0.1, -0.05) is 99.2 Å². The maximum absolute atomic E-state index is 12.3. The Bertz CT molecular complexity index is 2320. The molecule has 0 bridgehead atoms. The molecule has 0 aliphatic rings. The molecule has 6 rings (SSSR count). The molecule has 0 saturated heterocycles. The summed E-state index contributed by atoms with van der Waals surface area (Å²) in [5, 5.41) is 7.82. The number of alkyl halides is 6. The quantitative estimate of drug-likeness (QED) is 0.0534. The summed E-state index contributed by atoms with van der Waals surface area (Å²) in [6, 6.07) is 25.0. The van der Waals surface area contributed by atoms with Gasteiger partial charge in [0.05, 0.1) is 18.0 Å². The first-order valence-corrected chi connectivity index (χ1v) is 19.3. The molecule has 0 saturated carbocycles. The summed E-state index contributed by atoms with van der Waals surface area (Å²) in [5.74, 6) is -1.05. The topological polar surface area (TPSA) is 142 Å². The van der Waals surface area contributed by atoms with E-state index in [-0.39, 0.29) is 29.3 Å². The molecular formula is C42H42F6N4O9. The van der Waals surface area contributed by atoms with Crippen LogP contribution in [0.5, 0.6) is 40.9 Å². The molecule has 19 heteroatoms. The predicted octanol–water partition coefficient (Wildman–Crippen LogP) is 11.3. The maximum Gasteiger partial charge on any atom is 0.573 e. The zero-order chi connectivity index (χ0) is 43.7. The highest BCUT2D eigenvalue weighted by Crippen LogP contribution is 2.28. The second kappa shape index (κ2) is 22.1. The van der Waals surface area contributed by atoms with Crippen molar-refractivity contribution in [1.29, 1.82) is 0 Å². The first-order valence-electron chi connectivity index (χ1n) is 19.3. The van der Waals surface area contributed by atoms with Crippen LogP contribution in [0.15, 0.2) is 122 Å². The fraction of sp³-hybridized carbons (Fsp3) is 0.333. The van der Waals surface area contributed by atoms with E-state index in [1.54, 1.807) is 36.4 Å². The minimum absolute atomic E-state index is 0.161. The molecule has 0 aliphatic carbocycles. The smallest absolute Gasteiger partial charge is 0.457 e. The van der Waals surface area contributed by atoms with Crippen LogP contribution in [0.4, 0.5) is 26.3 Å². The summed E-state index contributed by atoms with van der Waals surface area (Å²) in [6.45, 7) is 2.60. The molecule has 2 aromatic heterocycles. The van der Waals surface area contributed by atoms with E-state index in [9.17, 15) is 35.9 Å². The minimum atomic E-state index is -4.81. The average Bonchev–Trinajstić information content (AvgIpc) is 3.77. The van der Waals surface area contributed by atoms with Crippen molar-refractivity contribution in [2.45, 2.75) is 83.9 Å². The summed E-state index contributed by atoms with van der Waals surface area (Å²) in [5.41, 5.74) is 0.409. The summed E-state index contributed by atoms with van der Waals surface area (Å²) in [6.07, 6.45) is 1.89. The highest BCUT2D eigenvalue weighted by molar-refractivity contribution is 5.39. The predicted molar refractivity (Wildman–Crippen MR) is 208 cm³/mol. The Morgan fingerprint density at radius 1 is 0.508 bits per heavy atom. The van der Waals surface area contributed by atoms with Crippen molar-refractivity contribution in [2.24, 2.45) is 0 Å². The van der Waals surface area contributed by atoms with Gasteiger partial charge in [0, 0.05) is 6.07 Å². The largest absolute Gasteiger partial charge is 0.573 e. The lowest BCUT2D eigenvalue weighted by atomic mass is 10.1. The van der Waals surface area contributed by atoms with Gasteiger partial charge in [-0.3, -0.25) is 0 Å². The normalized spacial score (nSPS) is 11.4. The SMILES string of the molecule is CCCCCCCCCCCCOc1nn(-c2ccc(OC(F)(F)F)cc2)c(=O)o1.O=c1oc(Oc2cccc(Oc3ccccc3)c2)nn1-c1ccc(OC(F)(F)F)cc1. The summed E-state index contributed by atoms with van der Waals surface area (Å²) >= 11 is 0. The lowest BCUT2D eigenvalue weighted by molar-refractivity contribution is -0.275. The van der Waals surface area contributed by atoms with Crippen LogP contribution in [0, 0.1) is 0 Å². The minimum Gasteiger partial charge on any atom is -0.457 e. The van der Waals surface area contributed by atoms with E-state index >= 15 is 0 Å². The number of ether oxygens (including phenoxy) is 5. The first-order chi connectivity index (χ1) is 29.2. The standard InChI is InChI=1S/C21H13F3N2O5.C21H29F3N2O4/c22-21(23,24)31-16-11-9-14(10-12-16)26-20(27)30-19(25-26)29-18-8-4-7-17(13-18)28-15-5-2-1-3-6-15;1-2-3-4-5-6-7-8-9-10-11-16-28-19-25-26(20(27)29-19)17-12-14-18(15-13-17)30-21(22,23)24/h1-13H;12-15H,2-11,16H2,1H3. The average molecular weight is 861 g/mol. The number of hydrogen-bond donors (Lipinski definition) is 0. The molecule has 0 N–H and O–H groups in total. The van der Waals surface area contributed by atoms with Crippen LogP contribution in [0.2, 0.25) is 0 Å². The van der Waals surface area contributed by atoms with E-state index in [0.29, 0.717) is 23.9 Å². The third-order valence-corrected chi connectivity index (χ3v) is 8.40. The van der Waals surface area contributed by atoms with Crippen molar-refractivity contribution in [3.05, 3.63) is 124 Å². The van der Waals surface area contributed by atoms with E-state index in [1.165, 1.54) is 69.2 Å². The number of aromatic nitrogens is 4. The van der Waals surface area contributed by atoms with Crippen LogP contribution in [-0.4, -0.2) is 38.9 Å². The Balaban J connectivity index is 0.000000231. The first kappa shape index (κ1) is 45.4. The van der Waals surface area contributed by atoms with Gasteiger partial charge in [0.15, 0.2) is 0 Å². The summed E-state index contributed by atoms with van der Waals surface area (Å²) < 4.78 is 109. The molecular weight excluding hydrogens is 818 g/mol. The zero-order valence-corrected chi connectivity index (χ0v) is 32.8. The van der Waals surface area contributed by atoms with E-state index in [2.05, 4.69) is 26.6 Å². The second-order valence-electron chi connectivity index (χ2n) is 13.2. The number of para-hydroxylation sites is 1. The molecule has 326 valence electrons. The fourth-order valence-electron chi connectivity index (χ4n) is 5.60. The molecule has 0 radical (unpaired) electrons. The van der Waals surface area contributed by atoms with Crippen molar-refractivity contribution in [3.8, 4) is 52.3 Å². The molecule has 0 unspecified atom stereocenters. The van der Waals surface area contributed by atoms with E-state index in [0.717, 1.165) is 52.9 Å². The monoisotopic (exact) mass is 860 g/mol. The van der Waals surface area contributed by atoms with Crippen LogP contribution in [0.1, 0.15) is 71.1 Å². The number of unbranched alkanes of at least 4 members (excludes halogenated alkanes) is 9. The highest BCUT2D eigenvalue weighted by Gasteiger charge is 2.32. The van der Waals surface area contributed by atoms with Gasteiger partial charge in [0.25, 0.3) is 0 Å². The number of rotatable bonds is 20. The van der Waals surface area contributed by atoms with Crippen molar-refractivity contribution in [2.75, 3.05) is 6.61 Å². The lowest BCUT2D eigenvalue weighted by Gasteiger charge is -2.08. The Morgan fingerprint density at radius 3 is 1.46 bits per heavy atom. The fourth-order valence-corrected chi connectivity index (χ4v) is 5.60. The van der Waals surface area contributed by atoms with Crippen molar-refractivity contribution in [3.63, 3.8) is 0 Å². The number of nitrogens with zero attached hydrogens (tertiary/aromatic N) is 4. The van der Waals surface area contributed by atoms with Crippen LogP contribution in [-0.2, 0) is 0 Å². The molecule has 0 fully saturated rings. The molecule has 61 heavy (non-hydrogen) atoms. The van der Waals surface area contributed by atoms with Crippen LogP contribution < -0.4 is 35.2 Å². The van der Waals surface area contributed by atoms with Gasteiger partial charge in [0.2, 0.25) is 0 Å². The lowest BCUT2D eigenvalue weighted by Crippen LogP contribution is -2.17. The molecule has 2 heterocycles. The van der Waals surface area contributed by atoms with E-state index in [4.69, 9.17) is 23.0 Å². The molecule has 0 spiro atoms. The van der Waals surface area contributed by atoms with Gasteiger partial charge >= 0.3 is 36.4 Å². The molecule has 13 nitrogen and oxygen atoms in total. The van der Waals surface area contributed by atoms with Gasteiger partial charge in [-0.25, -0.2) is 9.59 Å². The van der Waals surface area contributed by atoms with Gasteiger partial charge in [0.1, 0.15) is 28.7 Å². The Labute approximate surface area is 345 Å². The Kier molecular flexibility index (Phi) is 16.4. The van der Waals surface area contributed by atoms with E-state index in [1.807, 2.05) is 18.2 Å². The number of halogens is 6. The molecule has 4 aromatic carbocycles. The van der Waals surface area contributed by atoms with Crippen molar-refractivity contribution in [1.82, 2.24) is 19.6 Å². The highest BCUT2D eigenvalue weighted by atomic mass is 19.4. The van der Waals surface area contributed by atoms with Crippen LogP contribution in [0.25, 0.3) is 11.4 Å². The third kappa shape index (κ3) is 15.8. The van der Waals surface area contributed by atoms with Gasteiger partial charge in [-0.2, -0.15) is 9.36 Å². The Morgan fingerprint density at radius 2 is 0.951 bits per heavy atom. The Hall–Kier alpha value is -6.66. The number of benzene rings is 4. The van der Waals surface area contributed by atoms with Crippen LogP contribution in [0.3, 0.4) is 0 Å². The molecule has 0 amide bonds. The van der Waals surface area contributed by atoms with Gasteiger partial charge in [-0.05, 0) is 79.2 Å². The summed E-state index contributed by atoms with van der Waals surface area (Å²) in [4.78, 5) is 24.0. The summed E-state index contributed by atoms with van der Waals surface area (Å²) in [7, 11) is 0. The van der Waals surface area contributed by atoms with Gasteiger partial charge < -0.3 is 32.5 Å². The van der Waals surface area contributed by atoms with Gasteiger partial charge in [-0.15, -0.1) is 26.3 Å². The van der Waals surface area contributed by atoms with E-state index < -0.39 is 30.0 Å². The van der Waals surface area contributed by atoms with Crippen molar-refractivity contribution < 1.29 is 58.9 Å².